The van der Waals surface area contributed by atoms with Crippen molar-refractivity contribution in [2.45, 2.75) is 6.92 Å². The number of aryl methyl sites for hydroxylation is 1. The van der Waals surface area contributed by atoms with E-state index in [1.807, 2.05) is 71.4 Å². The molecule has 1 amide bonds. The summed E-state index contributed by atoms with van der Waals surface area (Å²) >= 11 is 1.46. The van der Waals surface area contributed by atoms with Crippen LogP contribution in [0.5, 0.6) is 0 Å². The summed E-state index contributed by atoms with van der Waals surface area (Å²) in [5.74, 6) is -0.147. The summed E-state index contributed by atoms with van der Waals surface area (Å²) in [7, 11) is 3.97. The number of amides is 1. The van der Waals surface area contributed by atoms with E-state index in [4.69, 9.17) is 0 Å². The van der Waals surface area contributed by atoms with Crippen molar-refractivity contribution in [3.8, 4) is 11.3 Å². The molecule has 0 saturated heterocycles. The van der Waals surface area contributed by atoms with Gasteiger partial charge in [0.2, 0.25) is 0 Å². The molecule has 0 fully saturated rings. The molecule has 6 heteroatoms. The highest BCUT2D eigenvalue weighted by Crippen LogP contribution is 2.25. The second-order valence-corrected chi connectivity index (χ2v) is 7.50. The summed E-state index contributed by atoms with van der Waals surface area (Å²) in [4.78, 5) is 20.2. The van der Waals surface area contributed by atoms with E-state index in [2.05, 4.69) is 29.4 Å². The fourth-order valence-electron chi connectivity index (χ4n) is 2.85. The first-order valence-electron chi connectivity index (χ1n) is 8.63. The van der Waals surface area contributed by atoms with Gasteiger partial charge in [-0.25, -0.2) is 4.98 Å². The molecule has 2 aromatic carbocycles. The number of imidazole rings is 1. The Morgan fingerprint density at radius 3 is 2.44 bits per heavy atom. The Morgan fingerprint density at radius 2 is 1.78 bits per heavy atom. The highest BCUT2D eigenvalue weighted by Gasteiger charge is 2.15. The van der Waals surface area contributed by atoms with E-state index in [0.29, 0.717) is 5.69 Å². The SMILES string of the molecule is Cc1ccc(-c2cn3c(C(=O)Nc4ccc(N(C)C)cc4)csc3n2)cc1. The average molecular weight is 376 g/mol. The van der Waals surface area contributed by atoms with Crippen LogP contribution in [-0.2, 0) is 0 Å². The van der Waals surface area contributed by atoms with Gasteiger partial charge in [-0.05, 0) is 31.2 Å². The van der Waals surface area contributed by atoms with Crippen molar-refractivity contribution in [2.75, 3.05) is 24.3 Å². The van der Waals surface area contributed by atoms with Crippen LogP contribution in [0.4, 0.5) is 11.4 Å². The maximum Gasteiger partial charge on any atom is 0.273 e. The van der Waals surface area contributed by atoms with E-state index in [1.165, 1.54) is 16.9 Å². The normalized spacial score (nSPS) is 10.9. The number of benzene rings is 2. The Kier molecular flexibility index (Phi) is 4.41. The number of nitrogens with zero attached hydrogens (tertiary/aromatic N) is 3. The number of nitrogens with one attached hydrogen (secondary N) is 1. The first-order valence-corrected chi connectivity index (χ1v) is 9.51. The van der Waals surface area contributed by atoms with Gasteiger partial charge in [-0.2, -0.15) is 0 Å². The molecule has 27 heavy (non-hydrogen) atoms. The number of hydrogen-bond donors (Lipinski definition) is 1. The fraction of sp³-hybridized carbons (Fsp3) is 0.143. The smallest absolute Gasteiger partial charge is 0.273 e. The third-order valence-electron chi connectivity index (χ3n) is 4.43. The summed E-state index contributed by atoms with van der Waals surface area (Å²) in [6, 6.07) is 16.0. The van der Waals surface area contributed by atoms with Gasteiger partial charge in [0.15, 0.2) is 4.96 Å². The molecule has 0 spiro atoms. The van der Waals surface area contributed by atoms with Crippen LogP contribution < -0.4 is 10.2 Å². The molecule has 0 aliphatic carbocycles. The van der Waals surface area contributed by atoms with E-state index in [0.717, 1.165) is 27.6 Å². The van der Waals surface area contributed by atoms with Gasteiger partial charge in [0.05, 0.1) is 5.69 Å². The van der Waals surface area contributed by atoms with Gasteiger partial charge in [0, 0.05) is 42.6 Å². The van der Waals surface area contributed by atoms with Crippen LogP contribution in [0.3, 0.4) is 0 Å². The topological polar surface area (TPSA) is 49.6 Å². The van der Waals surface area contributed by atoms with Crippen LogP contribution >= 0.6 is 11.3 Å². The molecule has 4 rings (SSSR count). The number of thiazole rings is 1. The Hall–Kier alpha value is -3.12. The molecule has 2 heterocycles. The molecule has 2 aromatic heterocycles. The number of anilines is 2. The largest absolute Gasteiger partial charge is 0.378 e. The van der Waals surface area contributed by atoms with Gasteiger partial charge in [-0.1, -0.05) is 29.8 Å². The lowest BCUT2D eigenvalue weighted by atomic mass is 10.1. The summed E-state index contributed by atoms with van der Waals surface area (Å²) in [5.41, 5.74) is 5.55. The van der Waals surface area contributed by atoms with Gasteiger partial charge < -0.3 is 10.2 Å². The first kappa shape index (κ1) is 17.3. The standard InChI is InChI=1S/C21H20N4OS/c1-14-4-6-15(7-5-14)18-12-25-19(13-27-21(25)23-18)20(26)22-16-8-10-17(11-9-16)24(2)3/h4-13H,1-3H3,(H,22,26). The van der Waals surface area contributed by atoms with Crippen molar-refractivity contribution in [3.63, 3.8) is 0 Å². The minimum Gasteiger partial charge on any atom is -0.378 e. The molecule has 4 aromatic rings. The van der Waals surface area contributed by atoms with Gasteiger partial charge in [-0.15, -0.1) is 11.3 Å². The molecular formula is C21H20N4OS. The van der Waals surface area contributed by atoms with Crippen molar-refractivity contribution in [1.29, 1.82) is 0 Å². The average Bonchev–Trinajstić information content (AvgIpc) is 3.23. The van der Waals surface area contributed by atoms with Crippen molar-refractivity contribution < 1.29 is 4.79 Å². The van der Waals surface area contributed by atoms with Crippen LogP contribution in [0.1, 0.15) is 16.1 Å². The van der Waals surface area contributed by atoms with Crippen LogP contribution in [0.25, 0.3) is 16.2 Å². The molecule has 136 valence electrons. The molecule has 0 aliphatic heterocycles. The van der Waals surface area contributed by atoms with E-state index in [9.17, 15) is 4.79 Å². The van der Waals surface area contributed by atoms with Crippen LogP contribution in [0.15, 0.2) is 60.1 Å². The minimum atomic E-state index is -0.147. The van der Waals surface area contributed by atoms with E-state index < -0.39 is 0 Å². The predicted molar refractivity (Wildman–Crippen MR) is 112 cm³/mol. The van der Waals surface area contributed by atoms with Crippen molar-refractivity contribution in [3.05, 3.63) is 71.4 Å². The number of hydrogen-bond acceptors (Lipinski definition) is 4. The summed E-state index contributed by atoms with van der Waals surface area (Å²) < 4.78 is 1.85. The van der Waals surface area contributed by atoms with Crippen LogP contribution in [0, 0.1) is 6.92 Å². The number of carbonyl (C=O) groups excluding carboxylic acids is 1. The summed E-state index contributed by atoms with van der Waals surface area (Å²) in [6.45, 7) is 2.06. The van der Waals surface area contributed by atoms with Gasteiger partial charge in [0.25, 0.3) is 5.91 Å². The highest BCUT2D eigenvalue weighted by molar-refractivity contribution is 7.15. The quantitative estimate of drug-likeness (QED) is 0.562. The zero-order chi connectivity index (χ0) is 19.0. The monoisotopic (exact) mass is 376 g/mol. The lowest BCUT2D eigenvalue weighted by Gasteiger charge is -2.12. The number of aromatic nitrogens is 2. The maximum atomic E-state index is 12.7. The minimum absolute atomic E-state index is 0.147. The third kappa shape index (κ3) is 3.44. The van der Waals surface area contributed by atoms with E-state index in [-0.39, 0.29) is 5.91 Å². The fourth-order valence-corrected chi connectivity index (χ4v) is 3.70. The molecule has 0 bridgehead atoms. The molecular weight excluding hydrogens is 356 g/mol. The van der Waals surface area contributed by atoms with Gasteiger partial charge in [-0.3, -0.25) is 9.20 Å². The third-order valence-corrected chi connectivity index (χ3v) is 5.27. The predicted octanol–water partition coefficient (Wildman–Crippen LogP) is 4.69. The Morgan fingerprint density at radius 1 is 1.07 bits per heavy atom. The zero-order valence-electron chi connectivity index (χ0n) is 15.4. The lowest BCUT2D eigenvalue weighted by molar-refractivity contribution is 0.102. The number of carbonyl (C=O) groups is 1. The van der Waals surface area contributed by atoms with Gasteiger partial charge in [0.1, 0.15) is 5.69 Å². The molecule has 5 nitrogen and oxygen atoms in total. The molecule has 0 saturated carbocycles. The first-order chi connectivity index (χ1) is 13.0. The lowest BCUT2D eigenvalue weighted by Crippen LogP contribution is -2.14. The Labute approximate surface area is 161 Å². The van der Waals surface area contributed by atoms with Crippen LogP contribution in [0.2, 0.25) is 0 Å². The number of fused-ring (bicyclic) bond motifs is 1. The van der Waals surface area contributed by atoms with Crippen molar-refractivity contribution in [2.24, 2.45) is 0 Å². The van der Waals surface area contributed by atoms with E-state index in [1.54, 1.807) is 0 Å². The maximum absolute atomic E-state index is 12.7. The Bertz CT molecular complexity index is 1090. The highest BCUT2D eigenvalue weighted by atomic mass is 32.1. The molecule has 0 aliphatic rings. The van der Waals surface area contributed by atoms with Crippen molar-refractivity contribution in [1.82, 2.24) is 9.38 Å². The molecule has 0 radical (unpaired) electrons. The van der Waals surface area contributed by atoms with Crippen LogP contribution in [-0.4, -0.2) is 29.4 Å². The van der Waals surface area contributed by atoms with Crippen molar-refractivity contribution >= 4 is 33.6 Å². The molecule has 0 unspecified atom stereocenters. The molecule has 0 atom stereocenters. The Balaban J connectivity index is 1.59. The second-order valence-electron chi connectivity index (χ2n) is 6.66. The number of rotatable bonds is 4. The van der Waals surface area contributed by atoms with Gasteiger partial charge >= 0.3 is 0 Å². The summed E-state index contributed by atoms with van der Waals surface area (Å²) in [6.07, 6.45) is 1.92. The second kappa shape index (κ2) is 6.89. The van der Waals surface area contributed by atoms with E-state index >= 15 is 0 Å². The summed E-state index contributed by atoms with van der Waals surface area (Å²) in [5, 5.41) is 4.80. The zero-order valence-corrected chi connectivity index (χ0v) is 16.2. The molecule has 1 N–H and O–H groups in total.